The maximum atomic E-state index is 14.6. The summed E-state index contributed by atoms with van der Waals surface area (Å²) in [5.41, 5.74) is 2.75. The highest BCUT2D eigenvalue weighted by Crippen LogP contribution is 2.32. The number of carbonyl (C=O) groups is 2. The second-order valence-electron chi connectivity index (χ2n) is 11.0. The number of amides is 2. The van der Waals surface area contributed by atoms with Crippen molar-refractivity contribution in [3.63, 3.8) is 0 Å². The average Bonchev–Trinajstić information content (AvgIpc) is 3.08. The molecule has 1 N–H and O–H groups in total. The zero-order valence-corrected chi connectivity index (χ0v) is 28.6. The molecule has 4 aromatic carbocycles. The number of sulfonamides is 1. The van der Waals surface area contributed by atoms with Crippen LogP contribution >= 0.6 is 11.6 Å². The zero-order chi connectivity index (χ0) is 34.0. The van der Waals surface area contributed by atoms with Gasteiger partial charge in [-0.1, -0.05) is 78.7 Å². The highest BCUT2D eigenvalue weighted by Gasteiger charge is 2.35. The lowest BCUT2D eigenvalue weighted by molar-refractivity contribution is -0.140. The topological polar surface area (TPSA) is 105 Å². The van der Waals surface area contributed by atoms with Gasteiger partial charge in [0, 0.05) is 30.6 Å². The van der Waals surface area contributed by atoms with Crippen molar-refractivity contribution in [1.82, 2.24) is 10.2 Å². The van der Waals surface area contributed by atoms with Crippen LogP contribution in [0.2, 0.25) is 5.02 Å². The molecule has 47 heavy (non-hydrogen) atoms. The van der Waals surface area contributed by atoms with Crippen molar-refractivity contribution in [2.24, 2.45) is 0 Å². The Kier molecular flexibility index (Phi) is 12.3. The maximum Gasteiger partial charge on any atom is 0.264 e. The van der Waals surface area contributed by atoms with E-state index in [2.05, 4.69) is 5.32 Å². The first-order chi connectivity index (χ1) is 22.6. The Hall–Kier alpha value is -4.54. The highest BCUT2D eigenvalue weighted by atomic mass is 35.5. The monoisotopic (exact) mass is 677 g/mol. The van der Waals surface area contributed by atoms with E-state index in [9.17, 15) is 18.0 Å². The Morgan fingerprint density at radius 1 is 0.851 bits per heavy atom. The summed E-state index contributed by atoms with van der Waals surface area (Å²) >= 11 is 6.31. The van der Waals surface area contributed by atoms with Gasteiger partial charge in [-0.2, -0.15) is 0 Å². The summed E-state index contributed by atoms with van der Waals surface area (Å²) in [4.78, 5) is 29.7. The summed E-state index contributed by atoms with van der Waals surface area (Å²) in [6, 6.07) is 26.6. The molecule has 248 valence electrons. The number of nitrogens with zero attached hydrogens (tertiary/aromatic N) is 2. The first-order valence-electron chi connectivity index (χ1n) is 15.2. The van der Waals surface area contributed by atoms with Gasteiger partial charge in [0.2, 0.25) is 11.8 Å². The average molecular weight is 678 g/mol. The van der Waals surface area contributed by atoms with Gasteiger partial charge in [0.25, 0.3) is 10.0 Å². The molecule has 0 aromatic heterocycles. The molecular weight excluding hydrogens is 638 g/mol. The fourth-order valence-corrected chi connectivity index (χ4v) is 6.74. The molecule has 11 heteroatoms. The van der Waals surface area contributed by atoms with Crippen LogP contribution in [0, 0.1) is 6.92 Å². The molecule has 0 bridgehead atoms. The second-order valence-corrected chi connectivity index (χ2v) is 13.3. The molecule has 0 aliphatic rings. The summed E-state index contributed by atoms with van der Waals surface area (Å²) in [6.45, 7) is 3.70. The quantitative estimate of drug-likeness (QED) is 0.165. The van der Waals surface area contributed by atoms with Crippen LogP contribution in [0.5, 0.6) is 11.5 Å². The molecule has 9 nitrogen and oxygen atoms in total. The van der Waals surface area contributed by atoms with E-state index in [4.69, 9.17) is 21.1 Å². The van der Waals surface area contributed by atoms with Crippen molar-refractivity contribution in [3.05, 3.63) is 119 Å². The predicted molar refractivity (Wildman–Crippen MR) is 184 cm³/mol. The minimum atomic E-state index is -4.32. The third-order valence-corrected chi connectivity index (χ3v) is 9.61. The Bertz CT molecular complexity index is 1770. The third kappa shape index (κ3) is 9.05. The molecule has 4 rings (SSSR count). The van der Waals surface area contributed by atoms with Gasteiger partial charge in [-0.25, -0.2) is 8.42 Å². The number of aryl methyl sites for hydroxylation is 1. The van der Waals surface area contributed by atoms with E-state index >= 15 is 0 Å². The molecule has 0 spiro atoms. The molecule has 0 fully saturated rings. The van der Waals surface area contributed by atoms with Crippen molar-refractivity contribution < 1.29 is 27.5 Å². The Balaban J connectivity index is 1.82. The van der Waals surface area contributed by atoms with Crippen LogP contribution in [0.3, 0.4) is 0 Å². The van der Waals surface area contributed by atoms with Crippen LogP contribution in [0.4, 0.5) is 5.69 Å². The van der Waals surface area contributed by atoms with Gasteiger partial charge in [0.1, 0.15) is 12.6 Å². The first kappa shape index (κ1) is 35.3. The van der Waals surface area contributed by atoms with Crippen LogP contribution in [0.15, 0.2) is 102 Å². The molecule has 4 aromatic rings. The number of carbonyl (C=O) groups excluding carboxylic acids is 2. The molecular formula is C36H40ClN3O6S. The van der Waals surface area contributed by atoms with Gasteiger partial charge in [0.05, 0.1) is 24.8 Å². The number of methoxy groups -OCH3 is 2. The minimum absolute atomic E-state index is 0.0224. The van der Waals surface area contributed by atoms with Gasteiger partial charge in [-0.05, 0) is 60.9 Å². The number of hydrogen-bond acceptors (Lipinski definition) is 6. The lowest BCUT2D eigenvalue weighted by Crippen LogP contribution is -2.53. The largest absolute Gasteiger partial charge is 0.493 e. The van der Waals surface area contributed by atoms with Gasteiger partial charge in [0.15, 0.2) is 11.5 Å². The van der Waals surface area contributed by atoms with Crippen LogP contribution in [-0.4, -0.2) is 58.5 Å². The molecule has 0 heterocycles. The van der Waals surface area contributed by atoms with Crippen LogP contribution in [-0.2, 0) is 32.6 Å². The Morgan fingerprint density at radius 2 is 1.53 bits per heavy atom. The number of benzene rings is 4. The maximum absolute atomic E-state index is 14.6. The van der Waals surface area contributed by atoms with Gasteiger partial charge < -0.3 is 19.7 Å². The lowest BCUT2D eigenvalue weighted by Gasteiger charge is -2.34. The SMILES string of the molecule is CCCNC(=O)[C@H](Cc1ccccc1)N(Cc1cccc(Cl)c1)C(=O)CN(c1ccc(C)cc1)S(=O)(=O)c1ccc(OC)c(OC)c1. The third-order valence-electron chi connectivity index (χ3n) is 7.61. The number of nitrogens with one attached hydrogen (secondary N) is 1. The Labute approximate surface area is 282 Å². The minimum Gasteiger partial charge on any atom is -0.493 e. The number of rotatable bonds is 15. The molecule has 0 radical (unpaired) electrons. The summed E-state index contributed by atoms with van der Waals surface area (Å²) in [5.74, 6) is -0.321. The summed E-state index contributed by atoms with van der Waals surface area (Å²) in [5, 5.41) is 3.41. The summed E-state index contributed by atoms with van der Waals surface area (Å²) < 4.78 is 40.4. The van der Waals surface area contributed by atoms with Crippen molar-refractivity contribution >= 4 is 39.1 Å². The standard InChI is InChI=1S/C36H40ClN3O6S/c1-5-20-38-36(42)32(22-27-10-7-6-8-11-27)39(24-28-12-9-13-29(37)21-28)35(41)25-40(30-16-14-26(2)15-17-30)47(43,44)31-18-19-33(45-3)34(23-31)46-4/h6-19,21,23,32H,5,20,22,24-25H2,1-4H3,(H,38,42)/t32-/m0/s1. The summed E-state index contributed by atoms with van der Waals surface area (Å²) in [6.07, 6.45) is 0.923. The number of anilines is 1. The molecule has 0 saturated heterocycles. The van der Waals surface area contributed by atoms with E-state index in [0.29, 0.717) is 29.3 Å². The first-order valence-corrected chi connectivity index (χ1v) is 17.1. The van der Waals surface area contributed by atoms with Crippen molar-refractivity contribution in [2.45, 2.75) is 44.2 Å². The fourth-order valence-electron chi connectivity index (χ4n) is 5.10. The molecule has 1 atom stereocenters. The van der Waals surface area contributed by atoms with Gasteiger partial charge in [-0.15, -0.1) is 0 Å². The van der Waals surface area contributed by atoms with Gasteiger partial charge >= 0.3 is 0 Å². The molecule has 0 unspecified atom stereocenters. The predicted octanol–water partition coefficient (Wildman–Crippen LogP) is 6.03. The zero-order valence-electron chi connectivity index (χ0n) is 27.0. The molecule has 0 aliphatic carbocycles. The van der Waals surface area contributed by atoms with Crippen molar-refractivity contribution in [2.75, 3.05) is 31.6 Å². The number of hydrogen-bond donors (Lipinski definition) is 1. The lowest BCUT2D eigenvalue weighted by atomic mass is 10.0. The molecule has 2 amide bonds. The van der Waals surface area contributed by atoms with E-state index in [0.717, 1.165) is 15.4 Å². The Morgan fingerprint density at radius 3 is 2.17 bits per heavy atom. The molecule has 0 saturated carbocycles. The van der Waals surface area contributed by atoms with Crippen LogP contribution in [0.1, 0.15) is 30.0 Å². The van der Waals surface area contributed by atoms with E-state index in [-0.39, 0.29) is 35.2 Å². The smallest absolute Gasteiger partial charge is 0.264 e. The fraction of sp³-hybridized carbons (Fsp3) is 0.278. The van der Waals surface area contributed by atoms with E-state index in [1.165, 1.54) is 37.3 Å². The molecule has 0 aliphatic heterocycles. The van der Waals surface area contributed by atoms with Crippen LogP contribution in [0.25, 0.3) is 0 Å². The van der Waals surface area contributed by atoms with E-state index in [1.54, 1.807) is 42.5 Å². The number of ether oxygens (including phenoxy) is 2. The van der Waals surface area contributed by atoms with Gasteiger partial charge in [-0.3, -0.25) is 13.9 Å². The summed E-state index contributed by atoms with van der Waals surface area (Å²) in [7, 11) is -1.45. The van der Waals surface area contributed by atoms with E-state index in [1.807, 2.05) is 50.2 Å². The second kappa shape index (κ2) is 16.3. The van der Waals surface area contributed by atoms with Crippen LogP contribution < -0.4 is 19.1 Å². The van der Waals surface area contributed by atoms with Crippen molar-refractivity contribution in [3.8, 4) is 11.5 Å². The highest BCUT2D eigenvalue weighted by molar-refractivity contribution is 7.92. The van der Waals surface area contributed by atoms with Crippen molar-refractivity contribution in [1.29, 1.82) is 0 Å². The normalized spacial score (nSPS) is 11.8. The van der Waals surface area contributed by atoms with E-state index < -0.39 is 28.5 Å². The number of halogens is 1.